The quantitative estimate of drug-likeness (QED) is 0.606. The summed E-state index contributed by atoms with van der Waals surface area (Å²) in [7, 11) is -2.95. The third-order valence-electron chi connectivity index (χ3n) is 2.77. The summed E-state index contributed by atoms with van der Waals surface area (Å²) in [6.45, 7) is 12.8. The maximum atomic E-state index is 9.52. The molecular weight excluding hydrogens is 251 g/mol. The van der Waals surface area contributed by atoms with Crippen molar-refractivity contribution in [2.24, 2.45) is 0 Å². The van der Waals surface area contributed by atoms with Crippen LogP contribution < -0.4 is 5.46 Å². The Morgan fingerprint density at radius 3 is 2.11 bits per heavy atom. The Bertz CT molecular complexity index is 514. The minimum Gasteiger partial charge on any atom is -0.423 e. The summed E-state index contributed by atoms with van der Waals surface area (Å²) >= 11 is 0. The lowest BCUT2D eigenvalue weighted by molar-refractivity contribution is 0.425. The minimum atomic E-state index is -1.48. The summed E-state index contributed by atoms with van der Waals surface area (Å²) in [5, 5.41) is 19.0. The van der Waals surface area contributed by atoms with Crippen LogP contribution in [-0.4, -0.2) is 25.2 Å². The van der Waals surface area contributed by atoms with Gasteiger partial charge in [-0.05, 0) is 22.5 Å². The highest BCUT2D eigenvalue weighted by Crippen LogP contribution is 2.21. The Hall–Kier alpha value is -1.02. The Morgan fingerprint density at radius 1 is 1.11 bits per heavy atom. The molecule has 0 aliphatic heterocycles. The van der Waals surface area contributed by atoms with Crippen molar-refractivity contribution in [2.45, 2.75) is 45.8 Å². The first-order chi connectivity index (χ1) is 8.50. The molecule has 0 unspecified atom stereocenters. The van der Waals surface area contributed by atoms with E-state index in [0.29, 0.717) is 11.0 Å². The van der Waals surface area contributed by atoms with Crippen LogP contribution in [0, 0.1) is 11.5 Å². The number of hydrogen-bond donors (Lipinski definition) is 2. The molecule has 0 heterocycles. The number of benzene rings is 1. The van der Waals surface area contributed by atoms with E-state index in [1.165, 1.54) is 0 Å². The Balaban J connectivity index is 3.30. The molecule has 1 rings (SSSR count). The maximum Gasteiger partial charge on any atom is 0.489 e. The average Bonchev–Trinajstić information content (AvgIpc) is 2.23. The van der Waals surface area contributed by atoms with Crippen LogP contribution in [0.25, 0.3) is 0 Å². The van der Waals surface area contributed by atoms with Gasteiger partial charge in [-0.1, -0.05) is 58.5 Å². The number of hydrogen-bond acceptors (Lipinski definition) is 2. The van der Waals surface area contributed by atoms with E-state index in [4.69, 9.17) is 0 Å². The average molecular weight is 274 g/mol. The summed E-state index contributed by atoms with van der Waals surface area (Å²) < 4.78 is 0. The van der Waals surface area contributed by atoms with Gasteiger partial charge in [0.15, 0.2) is 0 Å². The standard InChI is InChI=1S/C15H23BO2Si/c1-15(2,3)13-8-7-12(9-10-19(4,5)6)14(11-13)16(17)18/h7-8,11,17-18H,1-6H3. The van der Waals surface area contributed by atoms with Gasteiger partial charge in [-0.3, -0.25) is 0 Å². The normalized spacial score (nSPS) is 11.8. The van der Waals surface area contributed by atoms with Crippen LogP contribution in [0.4, 0.5) is 0 Å². The smallest absolute Gasteiger partial charge is 0.423 e. The first-order valence-electron chi connectivity index (χ1n) is 6.54. The van der Waals surface area contributed by atoms with E-state index >= 15 is 0 Å². The first kappa shape index (κ1) is 16.0. The molecule has 0 amide bonds. The van der Waals surface area contributed by atoms with Gasteiger partial charge in [-0.15, -0.1) is 5.54 Å². The molecule has 0 fully saturated rings. The molecule has 0 aliphatic rings. The third-order valence-corrected chi connectivity index (χ3v) is 3.64. The maximum absolute atomic E-state index is 9.52. The lowest BCUT2D eigenvalue weighted by Gasteiger charge is -2.20. The van der Waals surface area contributed by atoms with Gasteiger partial charge in [0.2, 0.25) is 0 Å². The fraction of sp³-hybridized carbons (Fsp3) is 0.467. The predicted octanol–water partition coefficient (Wildman–Crippen LogP) is 1.89. The molecule has 0 bridgehead atoms. The molecule has 0 saturated heterocycles. The van der Waals surface area contributed by atoms with Crippen LogP contribution in [0.5, 0.6) is 0 Å². The van der Waals surface area contributed by atoms with Gasteiger partial charge in [-0.2, -0.15) is 0 Å². The van der Waals surface area contributed by atoms with E-state index in [2.05, 4.69) is 51.9 Å². The molecule has 1 aromatic rings. The van der Waals surface area contributed by atoms with Gasteiger partial charge >= 0.3 is 7.12 Å². The van der Waals surface area contributed by atoms with Crippen molar-refractivity contribution >= 4 is 20.7 Å². The SMILES string of the molecule is CC(C)(C)c1ccc(C#C[Si](C)(C)C)c(B(O)O)c1. The molecule has 4 heteroatoms. The lowest BCUT2D eigenvalue weighted by Crippen LogP contribution is -2.34. The first-order valence-corrected chi connectivity index (χ1v) is 10.0. The fourth-order valence-electron chi connectivity index (χ4n) is 1.61. The predicted molar refractivity (Wildman–Crippen MR) is 85.2 cm³/mol. The highest BCUT2D eigenvalue weighted by Gasteiger charge is 2.20. The van der Waals surface area contributed by atoms with Crippen LogP contribution >= 0.6 is 0 Å². The van der Waals surface area contributed by atoms with Crippen molar-refractivity contribution in [3.05, 3.63) is 29.3 Å². The topological polar surface area (TPSA) is 40.5 Å². The fourth-order valence-corrected chi connectivity index (χ4v) is 2.12. The van der Waals surface area contributed by atoms with Crippen molar-refractivity contribution in [3.8, 4) is 11.5 Å². The summed E-state index contributed by atoms with van der Waals surface area (Å²) in [6.07, 6.45) is 0. The second-order valence-electron chi connectivity index (χ2n) is 6.93. The molecule has 2 nitrogen and oxygen atoms in total. The van der Waals surface area contributed by atoms with E-state index in [1.807, 2.05) is 18.2 Å². The summed E-state index contributed by atoms with van der Waals surface area (Å²) in [5.74, 6) is 3.10. The Kier molecular flexibility index (Phi) is 4.68. The molecule has 1 aromatic carbocycles. The van der Waals surface area contributed by atoms with Crippen molar-refractivity contribution in [1.29, 1.82) is 0 Å². The van der Waals surface area contributed by atoms with Crippen LogP contribution in [0.15, 0.2) is 18.2 Å². The molecule has 2 N–H and O–H groups in total. The van der Waals surface area contributed by atoms with Crippen LogP contribution in [0.3, 0.4) is 0 Å². The van der Waals surface area contributed by atoms with Crippen LogP contribution in [0.2, 0.25) is 19.6 Å². The van der Waals surface area contributed by atoms with Gasteiger partial charge < -0.3 is 10.0 Å². The van der Waals surface area contributed by atoms with Crippen molar-refractivity contribution in [3.63, 3.8) is 0 Å². The van der Waals surface area contributed by atoms with E-state index in [0.717, 1.165) is 5.56 Å². The van der Waals surface area contributed by atoms with Gasteiger partial charge in [0.25, 0.3) is 0 Å². The molecule has 102 valence electrons. The zero-order valence-electron chi connectivity index (χ0n) is 12.7. The molecular formula is C15H23BO2Si. The van der Waals surface area contributed by atoms with E-state index in [9.17, 15) is 10.0 Å². The van der Waals surface area contributed by atoms with E-state index in [1.54, 1.807) is 0 Å². The highest BCUT2D eigenvalue weighted by molar-refractivity contribution is 6.84. The van der Waals surface area contributed by atoms with Gasteiger partial charge in [0, 0.05) is 5.56 Å². The van der Waals surface area contributed by atoms with Crippen molar-refractivity contribution < 1.29 is 10.0 Å². The van der Waals surface area contributed by atoms with E-state index in [-0.39, 0.29) is 5.41 Å². The summed E-state index contributed by atoms with van der Waals surface area (Å²) in [5.41, 5.74) is 5.53. The second-order valence-corrected chi connectivity index (χ2v) is 11.7. The Labute approximate surface area is 118 Å². The third kappa shape index (κ3) is 4.87. The van der Waals surface area contributed by atoms with Gasteiger partial charge in [0.1, 0.15) is 8.07 Å². The molecule has 0 aliphatic carbocycles. The zero-order valence-corrected chi connectivity index (χ0v) is 13.7. The van der Waals surface area contributed by atoms with Crippen LogP contribution in [0.1, 0.15) is 31.9 Å². The summed E-state index contributed by atoms with van der Waals surface area (Å²) in [6, 6.07) is 5.75. The molecule has 0 saturated carbocycles. The van der Waals surface area contributed by atoms with Gasteiger partial charge in [0.05, 0.1) is 0 Å². The van der Waals surface area contributed by atoms with Crippen molar-refractivity contribution in [2.75, 3.05) is 0 Å². The Morgan fingerprint density at radius 2 is 1.68 bits per heavy atom. The van der Waals surface area contributed by atoms with Crippen molar-refractivity contribution in [1.82, 2.24) is 0 Å². The highest BCUT2D eigenvalue weighted by atomic mass is 28.3. The molecule has 19 heavy (non-hydrogen) atoms. The zero-order chi connectivity index (χ0) is 14.8. The minimum absolute atomic E-state index is 0.0195. The largest absolute Gasteiger partial charge is 0.489 e. The second kappa shape index (κ2) is 5.54. The summed E-state index contributed by atoms with van der Waals surface area (Å²) in [4.78, 5) is 0. The monoisotopic (exact) mass is 274 g/mol. The number of rotatable bonds is 1. The van der Waals surface area contributed by atoms with Gasteiger partial charge in [-0.25, -0.2) is 0 Å². The molecule has 0 radical (unpaired) electrons. The van der Waals surface area contributed by atoms with Crippen LogP contribution in [-0.2, 0) is 5.41 Å². The molecule has 0 spiro atoms. The molecule has 0 atom stereocenters. The lowest BCUT2D eigenvalue weighted by atomic mass is 9.73. The van der Waals surface area contributed by atoms with E-state index < -0.39 is 15.2 Å². The molecule has 0 aromatic heterocycles.